The number of carbonyl (C=O) groups is 1. The highest BCUT2D eigenvalue weighted by Crippen LogP contribution is 2.43. The summed E-state index contributed by atoms with van der Waals surface area (Å²) in [5, 5.41) is 26.1. The molecule has 0 saturated heterocycles. The summed E-state index contributed by atoms with van der Waals surface area (Å²) in [4.78, 5) is 27.7. The quantitative estimate of drug-likeness (QED) is 0.108. The van der Waals surface area contributed by atoms with E-state index in [1.165, 1.54) is 40.6 Å². The van der Waals surface area contributed by atoms with Crippen molar-refractivity contribution in [2.24, 2.45) is 0 Å². The van der Waals surface area contributed by atoms with Crippen LogP contribution in [0.25, 0.3) is 11.1 Å². The topological polar surface area (TPSA) is 136 Å². The lowest BCUT2D eigenvalue weighted by molar-refractivity contribution is -0.385. The lowest BCUT2D eigenvalue weighted by Gasteiger charge is -2.30. The molecule has 1 amide bonds. The Morgan fingerprint density at radius 3 is 2.57 bits per heavy atom. The number of hydrogen-bond acceptors (Lipinski definition) is 8. The Morgan fingerprint density at radius 2 is 1.80 bits per heavy atom. The molecule has 2 atom stereocenters. The number of aromatic nitrogens is 1. The van der Waals surface area contributed by atoms with Gasteiger partial charge in [0.25, 0.3) is 11.6 Å². The van der Waals surface area contributed by atoms with Gasteiger partial charge < -0.3 is 25.2 Å². The molecule has 3 aromatic carbocycles. The molecule has 0 unspecified atom stereocenters. The monoisotopic (exact) mass is 592 g/mol. The third-order valence-electron chi connectivity index (χ3n) is 7.88. The van der Waals surface area contributed by atoms with Gasteiger partial charge in [-0.15, -0.1) is 0 Å². The zero-order valence-electron chi connectivity index (χ0n) is 23.9. The standard InChI is InChI=1S/C34H32N4O6/c39-20-22-8-10-23(11-9-22)21-43-33-18-25(28-6-3-7-29-27-5-2-1-4-24(27)16-30(28)29)17-31(44-33)34(40)36-15-14-35-32-13-12-26(19-37-32)38(41)42/h1-13,17,19,25,33,39H,14-16,18,20-21H2,(H,35,37)(H,36,40)/t25-,33+/m1/s1. The number of nitro groups is 1. The molecule has 0 spiro atoms. The lowest BCUT2D eigenvalue weighted by atomic mass is 9.87. The zero-order valence-corrected chi connectivity index (χ0v) is 23.9. The molecular formula is C34H32N4O6. The van der Waals surface area contributed by atoms with Crippen LogP contribution in [0.2, 0.25) is 0 Å². The van der Waals surface area contributed by atoms with E-state index in [1.54, 1.807) is 0 Å². The van der Waals surface area contributed by atoms with Gasteiger partial charge >= 0.3 is 0 Å². The van der Waals surface area contributed by atoms with Crippen LogP contribution in [0, 0.1) is 10.1 Å². The van der Waals surface area contributed by atoms with Crippen molar-refractivity contribution in [1.29, 1.82) is 0 Å². The van der Waals surface area contributed by atoms with Crippen molar-refractivity contribution in [2.45, 2.75) is 38.3 Å². The number of rotatable bonds is 11. The average molecular weight is 593 g/mol. The number of pyridine rings is 1. The van der Waals surface area contributed by atoms with Crippen molar-refractivity contribution in [3.63, 3.8) is 0 Å². The summed E-state index contributed by atoms with van der Waals surface area (Å²) < 4.78 is 12.3. The molecule has 0 fully saturated rings. The Labute approximate surface area is 254 Å². The molecule has 2 heterocycles. The summed E-state index contributed by atoms with van der Waals surface area (Å²) in [7, 11) is 0. The number of anilines is 1. The Balaban J connectivity index is 1.16. The van der Waals surface area contributed by atoms with Gasteiger partial charge in [0.2, 0.25) is 6.29 Å². The van der Waals surface area contributed by atoms with Crippen molar-refractivity contribution in [2.75, 3.05) is 18.4 Å². The largest absolute Gasteiger partial charge is 0.459 e. The van der Waals surface area contributed by atoms with Gasteiger partial charge in [0.1, 0.15) is 12.0 Å². The number of aliphatic hydroxyl groups is 1. The number of nitrogens with zero attached hydrogens (tertiary/aromatic N) is 2. The van der Waals surface area contributed by atoms with E-state index in [9.17, 15) is 20.0 Å². The van der Waals surface area contributed by atoms with Gasteiger partial charge in [0.15, 0.2) is 5.76 Å². The molecule has 3 N–H and O–H groups in total. The van der Waals surface area contributed by atoms with Crippen molar-refractivity contribution in [3.05, 3.63) is 135 Å². The predicted octanol–water partition coefficient (Wildman–Crippen LogP) is 5.21. The molecule has 4 aromatic rings. The first-order valence-electron chi connectivity index (χ1n) is 14.5. The summed E-state index contributed by atoms with van der Waals surface area (Å²) in [6.45, 7) is 0.911. The summed E-state index contributed by atoms with van der Waals surface area (Å²) in [5.74, 6) is 0.212. The minimum Gasteiger partial charge on any atom is -0.459 e. The molecule has 1 aromatic heterocycles. The van der Waals surface area contributed by atoms with E-state index in [1.807, 2.05) is 30.3 Å². The Hall–Kier alpha value is -5.06. The van der Waals surface area contributed by atoms with Gasteiger partial charge in [-0.1, -0.05) is 66.7 Å². The van der Waals surface area contributed by atoms with Crippen molar-refractivity contribution >= 4 is 17.4 Å². The fraction of sp³-hybridized carbons (Fsp3) is 0.235. The predicted molar refractivity (Wildman–Crippen MR) is 165 cm³/mol. The number of benzene rings is 3. The fourth-order valence-corrected chi connectivity index (χ4v) is 5.65. The molecule has 0 saturated carbocycles. The summed E-state index contributed by atoms with van der Waals surface area (Å²) in [6.07, 6.45) is 3.80. The summed E-state index contributed by atoms with van der Waals surface area (Å²) in [5.41, 5.74) is 7.83. The molecule has 10 heteroatoms. The Kier molecular flexibility index (Phi) is 8.62. The van der Waals surface area contributed by atoms with Crippen LogP contribution in [0.1, 0.15) is 40.2 Å². The number of carbonyl (C=O) groups excluding carboxylic acids is 1. The molecule has 0 bridgehead atoms. The maximum atomic E-state index is 13.3. The van der Waals surface area contributed by atoms with Crippen LogP contribution in [-0.2, 0) is 33.9 Å². The normalized spacial score (nSPS) is 16.7. The first kappa shape index (κ1) is 29.0. The highest BCUT2D eigenvalue weighted by atomic mass is 16.7. The van der Waals surface area contributed by atoms with E-state index < -0.39 is 11.2 Å². The molecular weight excluding hydrogens is 560 g/mol. The third kappa shape index (κ3) is 6.46. The maximum Gasteiger partial charge on any atom is 0.287 e. The Bertz CT molecular complexity index is 1690. The fourth-order valence-electron chi connectivity index (χ4n) is 5.65. The van der Waals surface area contributed by atoms with Gasteiger partial charge in [-0.3, -0.25) is 14.9 Å². The van der Waals surface area contributed by atoms with E-state index in [0.29, 0.717) is 25.4 Å². The van der Waals surface area contributed by atoms with Crippen molar-refractivity contribution < 1.29 is 24.3 Å². The van der Waals surface area contributed by atoms with Gasteiger partial charge in [-0.05, 0) is 57.5 Å². The number of fused-ring (bicyclic) bond motifs is 3. The molecule has 44 heavy (non-hydrogen) atoms. The minimum atomic E-state index is -0.648. The van der Waals surface area contributed by atoms with Gasteiger partial charge in [0, 0.05) is 31.5 Å². The number of ether oxygens (including phenoxy) is 2. The first-order valence-corrected chi connectivity index (χ1v) is 14.5. The molecule has 10 nitrogen and oxygen atoms in total. The Morgan fingerprint density at radius 1 is 1.00 bits per heavy atom. The van der Waals surface area contributed by atoms with Gasteiger partial charge in [-0.2, -0.15) is 0 Å². The van der Waals surface area contributed by atoms with Crippen LogP contribution in [0.5, 0.6) is 0 Å². The van der Waals surface area contributed by atoms with E-state index in [0.717, 1.165) is 23.1 Å². The maximum absolute atomic E-state index is 13.3. The molecule has 224 valence electrons. The van der Waals surface area contributed by atoms with E-state index in [2.05, 4.69) is 58.1 Å². The molecule has 0 radical (unpaired) electrons. The van der Waals surface area contributed by atoms with E-state index in [-0.39, 0.29) is 36.4 Å². The number of amides is 1. The third-order valence-corrected chi connectivity index (χ3v) is 7.88. The number of hydrogen-bond donors (Lipinski definition) is 3. The van der Waals surface area contributed by atoms with E-state index in [4.69, 9.17) is 9.47 Å². The van der Waals surface area contributed by atoms with E-state index >= 15 is 0 Å². The molecule has 1 aliphatic heterocycles. The summed E-state index contributed by atoms with van der Waals surface area (Å²) in [6, 6.07) is 25.2. The smallest absolute Gasteiger partial charge is 0.287 e. The van der Waals surface area contributed by atoms with Crippen molar-refractivity contribution in [1.82, 2.24) is 10.3 Å². The highest BCUT2D eigenvalue weighted by molar-refractivity contribution is 5.91. The SMILES string of the molecule is O=C(NCCNc1ccc([N+](=O)[O-])cn1)C1=C[C@@H](c2cccc3c2Cc2ccccc2-3)C[C@@H](OCc2ccc(CO)cc2)O1. The average Bonchev–Trinajstić information content (AvgIpc) is 3.45. The first-order chi connectivity index (χ1) is 21.5. The minimum absolute atomic E-state index is 0.0248. The molecule has 2 aliphatic rings. The second-order valence-electron chi connectivity index (χ2n) is 10.8. The second kappa shape index (κ2) is 13.1. The second-order valence-corrected chi connectivity index (χ2v) is 10.8. The van der Waals surface area contributed by atoms with Crippen molar-refractivity contribution in [3.8, 4) is 11.1 Å². The molecule has 1 aliphatic carbocycles. The number of allylic oxidation sites excluding steroid dienone is 1. The van der Waals surface area contributed by atoms with Crippen LogP contribution >= 0.6 is 0 Å². The zero-order chi connectivity index (χ0) is 30.5. The van der Waals surface area contributed by atoms with Gasteiger partial charge in [0.05, 0.1) is 18.1 Å². The molecule has 6 rings (SSSR count). The van der Waals surface area contributed by atoms with Gasteiger partial charge in [-0.25, -0.2) is 4.98 Å². The van der Waals surface area contributed by atoms with Crippen LogP contribution in [0.3, 0.4) is 0 Å². The number of nitrogens with one attached hydrogen (secondary N) is 2. The van der Waals surface area contributed by atoms with Crippen LogP contribution < -0.4 is 10.6 Å². The number of aliphatic hydroxyl groups excluding tert-OH is 1. The lowest BCUT2D eigenvalue weighted by Crippen LogP contribution is -2.35. The van der Waals surface area contributed by atoms with Crippen LogP contribution in [-0.4, -0.2) is 40.3 Å². The highest BCUT2D eigenvalue weighted by Gasteiger charge is 2.32. The van der Waals surface area contributed by atoms with Crippen LogP contribution in [0.15, 0.2) is 96.9 Å². The van der Waals surface area contributed by atoms with Crippen LogP contribution in [0.4, 0.5) is 11.5 Å². The summed E-state index contributed by atoms with van der Waals surface area (Å²) >= 11 is 0.